The molecule has 5 heteroatoms. The summed E-state index contributed by atoms with van der Waals surface area (Å²) in [4.78, 5) is 0. The van der Waals surface area contributed by atoms with Gasteiger partial charge in [-0.1, -0.05) is 6.92 Å². The monoisotopic (exact) mass is 193 g/mol. The minimum absolute atomic E-state index is 0.244. The number of hydrogen-bond donors (Lipinski definition) is 1. The molecule has 0 atom stereocenters. The summed E-state index contributed by atoms with van der Waals surface area (Å²) < 4.78 is 10.7. The third-order valence-corrected chi connectivity index (χ3v) is 1.86. The minimum Gasteiger partial charge on any atom is -0.456 e. The highest BCUT2D eigenvalue weighted by Crippen LogP contribution is 2.20. The van der Waals surface area contributed by atoms with E-state index in [1.807, 2.05) is 19.1 Å². The van der Waals surface area contributed by atoms with E-state index in [1.54, 1.807) is 0 Å². The number of furan rings is 1. The highest BCUT2D eigenvalue weighted by molar-refractivity contribution is 5.43. The second-order valence-corrected chi connectivity index (χ2v) is 2.82. The van der Waals surface area contributed by atoms with Gasteiger partial charge in [0, 0.05) is 6.42 Å². The van der Waals surface area contributed by atoms with E-state index >= 15 is 0 Å². The highest BCUT2D eigenvalue weighted by Gasteiger charge is 2.10. The molecular weight excluding hydrogens is 182 g/mol. The Morgan fingerprint density at radius 3 is 2.71 bits per heavy atom. The minimum atomic E-state index is 0.244. The third kappa shape index (κ3) is 1.54. The Bertz CT molecular complexity index is 379. The fraction of sp³-hybridized carbons (Fsp3) is 0.333. The Balaban J connectivity index is 2.29. The van der Waals surface area contributed by atoms with Crippen LogP contribution in [0.4, 0.5) is 0 Å². The summed E-state index contributed by atoms with van der Waals surface area (Å²) in [6.45, 7) is 2.26. The summed E-state index contributed by atoms with van der Waals surface area (Å²) in [5.41, 5.74) is 5.35. The third-order valence-electron chi connectivity index (χ3n) is 1.86. The summed E-state index contributed by atoms with van der Waals surface area (Å²) in [5.74, 6) is 2.28. The van der Waals surface area contributed by atoms with Gasteiger partial charge >= 0.3 is 0 Å². The molecule has 0 amide bonds. The van der Waals surface area contributed by atoms with E-state index in [0.29, 0.717) is 17.5 Å². The van der Waals surface area contributed by atoms with E-state index in [9.17, 15) is 0 Å². The van der Waals surface area contributed by atoms with Gasteiger partial charge in [0.1, 0.15) is 5.76 Å². The van der Waals surface area contributed by atoms with Crippen LogP contribution in [0.3, 0.4) is 0 Å². The zero-order valence-corrected chi connectivity index (χ0v) is 7.86. The fourth-order valence-electron chi connectivity index (χ4n) is 1.12. The SMILES string of the molecule is CCc1ccc(-c2nnc(CN)o2)o1. The first kappa shape index (κ1) is 8.96. The van der Waals surface area contributed by atoms with Crippen LogP contribution >= 0.6 is 0 Å². The van der Waals surface area contributed by atoms with Gasteiger partial charge in [-0.15, -0.1) is 10.2 Å². The molecule has 0 unspecified atom stereocenters. The Morgan fingerprint density at radius 1 is 1.29 bits per heavy atom. The molecule has 2 heterocycles. The largest absolute Gasteiger partial charge is 0.456 e. The smallest absolute Gasteiger partial charge is 0.283 e. The first-order valence-electron chi connectivity index (χ1n) is 4.45. The average Bonchev–Trinajstić information content (AvgIpc) is 2.86. The molecular formula is C9H11N3O2. The van der Waals surface area contributed by atoms with Crippen LogP contribution in [0.1, 0.15) is 18.6 Å². The molecule has 0 aliphatic carbocycles. The standard InChI is InChI=1S/C9H11N3O2/c1-2-6-3-4-7(13-6)9-12-11-8(5-10)14-9/h3-4H,2,5,10H2,1H3. The maximum Gasteiger partial charge on any atom is 0.283 e. The Kier molecular flexibility index (Phi) is 2.32. The number of aromatic nitrogens is 2. The van der Waals surface area contributed by atoms with Crippen molar-refractivity contribution in [1.82, 2.24) is 10.2 Å². The molecule has 0 bridgehead atoms. The van der Waals surface area contributed by atoms with Gasteiger partial charge in [-0.05, 0) is 12.1 Å². The van der Waals surface area contributed by atoms with Crippen molar-refractivity contribution in [3.05, 3.63) is 23.8 Å². The van der Waals surface area contributed by atoms with Gasteiger partial charge in [0.15, 0.2) is 5.76 Å². The molecule has 0 fully saturated rings. The lowest BCUT2D eigenvalue weighted by molar-refractivity contribution is 0.468. The van der Waals surface area contributed by atoms with Crippen LogP contribution in [0.2, 0.25) is 0 Å². The molecule has 5 nitrogen and oxygen atoms in total. The van der Waals surface area contributed by atoms with Gasteiger partial charge in [0.25, 0.3) is 5.89 Å². The van der Waals surface area contributed by atoms with Crippen molar-refractivity contribution < 1.29 is 8.83 Å². The maximum atomic E-state index is 5.44. The van der Waals surface area contributed by atoms with Gasteiger partial charge < -0.3 is 14.6 Å². The first-order valence-corrected chi connectivity index (χ1v) is 4.45. The van der Waals surface area contributed by atoms with E-state index in [1.165, 1.54) is 0 Å². The number of nitrogens with two attached hydrogens (primary N) is 1. The quantitative estimate of drug-likeness (QED) is 0.796. The van der Waals surface area contributed by atoms with Crippen LogP contribution in [-0.2, 0) is 13.0 Å². The van der Waals surface area contributed by atoms with Crippen LogP contribution in [0.5, 0.6) is 0 Å². The Morgan fingerprint density at radius 2 is 2.14 bits per heavy atom. The van der Waals surface area contributed by atoms with E-state index in [4.69, 9.17) is 14.6 Å². The van der Waals surface area contributed by atoms with Crippen LogP contribution in [0, 0.1) is 0 Å². The van der Waals surface area contributed by atoms with E-state index in [2.05, 4.69) is 10.2 Å². The van der Waals surface area contributed by atoms with Crippen molar-refractivity contribution in [3.63, 3.8) is 0 Å². The van der Waals surface area contributed by atoms with Crippen LogP contribution < -0.4 is 5.73 Å². The molecule has 0 aromatic carbocycles. The van der Waals surface area contributed by atoms with E-state index in [0.717, 1.165) is 12.2 Å². The lowest BCUT2D eigenvalue weighted by atomic mass is 10.3. The molecule has 14 heavy (non-hydrogen) atoms. The average molecular weight is 193 g/mol. The maximum absolute atomic E-state index is 5.44. The van der Waals surface area contributed by atoms with E-state index < -0.39 is 0 Å². The Hall–Kier alpha value is -1.62. The molecule has 0 radical (unpaired) electrons. The fourth-order valence-corrected chi connectivity index (χ4v) is 1.12. The van der Waals surface area contributed by atoms with Crippen LogP contribution in [-0.4, -0.2) is 10.2 Å². The summed E-state index contributed by atoms with van der Waals surface area (Å²) in [5, 5.41) is 7.56. The van der Waals surface area contributed by atoms with Crippen molar-refractivity contribution in [3.8, 4) is 11.7 Å². The zero-order valence-electron chi connectivity index (χ0n) is 7.86. The van der Waals surface area contributed by atoms with Gasteiger partial charge in [-0.3, -0.25) is 0 Å². The molecule has 2 rings (SSSR count). The molecule has 0 aliphatic heterocycles. The predicted octanol–water partition coefficient (Wildman–Crippen LogP) is 1.35. The molecule has 2 aromatic rings. The predicted molar refractivity (Wildman–Crippen MR) is 49.3 cm³/mol. The van der Waals surface area contributed by atoms with Crippen LogP contribution in [0.25, 0.3) is 11.7 Å². The Labute approximate surface area is 80.9 Å². The van der Waals surface area contributed by atoms with E-state index in [-0.39, 0.29) is 6.54 Å². The molecule has 74 valence electrons. The molecule has 2 N–H and O–H groups in total. The molecule has 0 aliphatic rings. The molecule has 0 spiro atoms. The lowest BCUT2D eigenvalue weighted by Gasteiger charge is -1.88. The summed E-state index contributed by atoms with van der Waals surface area (Å²) in [6, 6.07) is 3.70. The van der Waals surface area contributed by atoms with Crippen molar-refractivity contribution in [1.29, 1.82) is 0 Å². The number of hydrogen-bond acceptors (Lipinski definition) is 5. The topological polar surface area (TPSA) is 78.1 Å². The van der Waals surface area contributed by atoms with Crippen LogP contribution in [0.15, 0.2) is 21.0 Å². The van der Waals surface area contributed by atoms with Crippen molar-refractivity contribution >= 4 is 0 Å². The summed E-state index contributed by atoms with van der Waals surface area (Å²) in [6.07, 6.45) is 0.845. The van der Waals surface area contributed by atoms with Gasteiger partial charge in [0.05, 0.1) is 6.54 Å². The highest BCUT2D eigenvalue weighted by atomic mass is 16.4. The second kappa shape index (κ2) is 3.63. The first-order chi connectivity index (χ1) is 6.83. The second-order valence-electron chi connectivity index (χ2n) is 2.82. The number of rotatable bonds is 3. The van der Waals surface area contributed by atoms with Crippen molar-refractivity contribution in [2.24, 2.45) is 5.73 Å². The van der Waals surface area contributed by atoms with Gasteiger partial charge in [-0.2, -0.15) is 0 Å². The molecule has 2 aromatic heterocycles. The van der Waals surface area contributed by atoms with Crippen molar-refractivity contribution in [2.75, 3.05) is 0 Å². The lowest BCUT2D eigenvalue weighted by Crippen LogP contribution is -1.95. The zero-order chi connectivity index (χ0) is 9.97. The van der Waals surface area contributed by atoms with Gasteiger partial charge in [-0.25, -0.2) is 0 Å². The van der Waals surface area contributed by atoms with Gasteiger partial charge in [0.2, 0.25) is 5.89 Å². The van der Waals surface area contributed by atoms with Crippen molar-refractivity contribution in [2.45, 2.75) is 19.9 Å². The number of aryl methyl sites for hydroxylation is 1. The summed E-state index contributed by atoms with van der Waals surface area (Å²) in [7, 11) is 0. The number of nitrogens with zero attached hydrogens (tertiary/aromatic N) is 2. The summed E-state index contributed by atoms with van der Waals surface area (Å²) >= 11 is 0. The molecule has 0 saturated carbocycles. The molecule has 0 saturated heterocycles. The normalized spacial score (nSPS) is 10.7.